The van der Waals surface area contributed by atoms with Crippen LogP contribution in [0.25, 0.3) is 0 Å². The molecule has 3 nitrogen and oxygen atoms in total. The van der Waals surface area contributed by atoms with E-state index < -0.39 is 11.4 Å². The van der Waals surface area contributed by atoms with Crippen molar-refractivity contribution >= 4 is 5.97 Å². The Hall–Kier alpha value is -1.35. The number of aryl methyl sites for hydroxylation is 1. The summed E-state index contributed by atoms with van der Waals surface area (Å²) in [5, 5.41) is 12.7. The van der Waals surface area contributed by atoms with Gasteiger partial charge in [0.15, 0.2) is 0 Å². The molecular formula is C14H19NO2. The minimum atomic E-state index is -0.652. The Labute approximate surface area is 102 Å². The van der Waals surface area contributed by atoms with Gasteiger partial charge in [-0.15, -0.1) is 0 Å². The molecule has 1 aliphatic heterocycles. The van der Waals surface area contributed by atoms with Crippen LogP contribution in [0.1, 0.15) is 24.0 Å². The van der Waals surface area contributed by atoms with Gasteiger partial charge in [0.05, 0.1) is 5.41 Å². The second-order valence-corrected chi connectivity index (χ2v) is 5.00. The minimum Gasteiger partial charge on any atom is -0.481 e. The first-order valence-electron chi connectivity index (χ1n) is 6.12. The van der Waals surface area contributed by atoms with Gasteiger partial charge < -0.3 is 10.4 Å². The lowest BCUT2D eigenvalue weighted by molar-refractivity contribution is -0.150. The molecule has 0 amide bonds. The number of hydrogen-bond donors (Lipinski definition) is 2. The van der Waals surface area contributed by atoms with E-state index in [0.717, 1.165) is 31.5 Å². The van der Waals surface area contributed by atoms with E-state index in [1.165, 1.54) is 5.56 Å². The quantitative estimate of drug-likeness (QED) is 0.839. The third-order valence-corrected chi connectivity index (χ3v) is 3.64. The topological polar surface area (TPSA) is 49.3 Å². The highest BCUT2D eigenvalue weighted by Crippen LogP contribution is 2.33. The van der Waals surface area contributed by atoms with E-state index in [2.05, 4.69) is 11.4 Å². The lowest BCUT2D eigenvalue weighted by atomic mass is 9.74. The molecule has 0 saturated carbocycles. The molecule has 1 fully saturated rings. The predicted octanol–water partition coefficient (Wildman–Crippen LogP) is 1.99. The lowest BCUT2D eigenvalue weighted by Crippen LogP contribution is -2.43. The van der Waals surface area contributed by atoms with Crippen molar-refractivity contribution in [2.24, 2.45) is 5.41 Å². The summed E-state index contributed by atoms with van der Waals surface area (Å²) >= 11 is 0. The summed E-state index contributed by atoms with van der Waals surface area (Å²) in [6.07, 6.45) is 2.08. The van der Waals surface area contributed by atoms with Gasteiger partial charge in [0.2, 0.25) is 0 Å². The molecule has 1 aliphatic rings. The van der Waals surface area contributed by atoms with E-state index in [-0.39, 0.29) is 0 Å². The highest BCUT2D eigenvalue weighted by molar-refractivity contribution is 5.75. The molecule has 1 aromatic rings. The molecule has 1 saturated heterocycles. The number of aliphatic carboxylic acids is 1. The van der Waals surface area contributed by atoms with Crippen molar-refractivity contribution < 1.29 is 9.90 Å². The molecule has 0 bridgehead atoms. The van der Waals surface area contributed by atoms with Gasteiger partial charge >= 0.3 is 5.97 Å². The number of carboxylic acids is 1. The van der Waals surface area contributed by atoms with Crippen molar-refractivity contribution in [3.63, 3.8) is 0 Å². The van der Waals surface area contributed by atoms with Crippen molar-refractivity contribution in [2.45, 2.75) is 26.2 Å². The zero-order valence-corrected chi connectivity index (χ0v) is 10.2. The smallest absolute Gasteiger partial charge is 0.310 e. The summed E-state index contributed by atoms with van der Waals surface area (Å²) in [5.74, 6) is -0.652. The van der Waals surface area contributed by atoms with Gasteiger partial charge in [-0.25, -0.2) is 0 Å². The number of hydrogen-bond acceptors (Lipinski definition) is 2. The van der Waals surface area contributed by atoms with Crippen molar-refractivity contribution in [3.8, 4) is 0 Å². The molecule has 0 unspecified atom stereocenters. The Morgan fingerprint density at radius 3 is 2.71 bits per heavy atom. The number of carbonyl (C=O) groups is 1. The van der Waals surface area contributed by atoms with Crippen LogP contribution in [-0.2, 0) is 11.2 Å². The van der Waals surface area contributed by atoms with Gasteiger partial charge in [-0.2, -0.15) is 0 Å². The Balaban J connectivity index is 2.20. The van der Waals surface area contributed by atoms with E-state index in [1.54, 1.807) is 0 Å². The third kappa shape index (κ3) is 2.67. The molecule has 1 aromatic carbocycles. The van der Waals surface area contributed by atoms with Gasteiger partial charge in [0.1, 0.15) is 0 Å². The fourth-order valence-electron chi connectivity index (χ4n) is 2.58. The fourth-order valence-corrected chi connectivity index (χ4v) is 2.58. The predicted molar refractivity (Wildman–Crippen MR) is 67.1 cm³/mol. The first kappa shape index (κ1) is 12.1. The van der Waals surface area contributed by atoms with E-state index in [9.17, 15) is 9.90 Å². The van der Waals surface area contributed by atoms with Crippen molar-refractivity contribution in [1.29, 1.82) is 0 Å². The summed E-state index contributed by atoms with van der Waals surface area (Å²) in [6.45, 7) is 3.65. The van der Waals surface area contributed by atoms with E-state index >= 15 is 0 Å². The fraction of sp³-hybridized carbons (Fsp3) is 0.500. The van der Waals surface area contributed by atoms with E-state index in [0.29, 0.717) is 6.42 Å². The highest BCUT2D eigenvalue weighted by Gasteiger charge is 2.39. The third-order valence-electron chi connectivity index (χ3n) is 3.64. The highest BCUT2D eigenvalue weighted by atomic mass is 16.4. The monoisotopic (exact) mass is 233 g/mol. The minimum absolute atomic E-state index is 0.570. The van der Waals surface area contributed by atoms with E-state index in [4.69, 9.17) is 0 Å². The van der Waals surface area contributed by atoms with E-state index in [1.807, 2.05) is 25.1 Å². The molecule has 0 spiro atoms. The van der Waals surface area contributed by atoms with Crippen LogP contribution >= 0.6 is 0 Å². The molecule has 2 N–H and O–H groups in total. The molecule has 0 atom stereocenters. The maximum atomic E-state index is 11.5. The number of piperidine rings is 1. The number of rotatable bonds is 3. The maximum Gasteiger partial charge on any atom is 0.310 e. The summed E-state index contributed by atoms with van der Waals surface area (Å²) < 4.78 is 0. The Bertz CT molecular complexity index is 408. The molecule has 2 rings (SSSR count). The van der Waals surface area contributed by atoms with Gasteiger partial charge in [0.25, 0.3) is 0 Å². The van der Waals surface area contributed by atoms with Gasteiger partial charge in [0, 0.05) is 0 Å². The zero-order valence-electron chi connectivity index (χ0n) is 10.2. The van der Waals surface area contributed by atoms with Crippen molar-refractivity contribution in [3.05, 3.63) is 35.4 Å². The Morgan fingerprint density at radius 1 is 1.41 bits per heavy atom. The largest absolute Gasteiger partial charge is 0.481 e. The normalized spacial score (nSPS) is 18.9. The molecule has 0 aliphatic carbocycles. The van der Waals surface area contributed by atoms with Crippen LogP contribution in [0.15, 0.2) is 24.3 Å². The summed E-state index contributed by atoms with van der Waals surface area (Å²) in [4.78, 5) is 11.5. The molecule has 3 heteroatoms. The van der Waals surface area contributed by atoms with Gasteiger partial charge in [-0.1, -0.05) is 29.8 Å². The van der Waals surface area contributed by atoms with Crippen LogP contribution in [0.4, 0.5) is 0 Å². The van der Waals surface area contributed by atoms with Crippen LogP contribution in [0.2, 0.25) is 0 Å². The lowest BCUT2D eigenvalue weighted by Gasteiger charge is -2.33. The average molecular weight is 233 g/mol. The Kier molecular flexibility index (Phi) is 3.48. The SMILES string of the molecule is Cc1cccc(CC2(C(=O)O)CCNCC2)c1. The van der Waals surface area contributed by atoms with Gasteiger partial charge in [-0.3, -0.25) is 4.79 Å². The van der Waals surface area contributed by atoms with Crippen LogP contribution < -0.4 is 5.32 Å². The number of carboxylic acid groups (broad SMARTS) is 1. The second kappa shape index (κ2) is 4.88. The summed E-state index contributed by atoms with van der Waals surface area (Å²) in [5.41, 5.74) is 1.75. The van der Waals surface area contributed by atoms with Crippen LogP contribution in [0.5, 0.6) is 0 Å². The summed E-state index contributed by atoms with van der Waals surface area (Å²) in [6, 6.07) is 8.16. The number of benzene rings is 1. The molecular weight excluding hydrogens is 214 g/mol. The average Bonchev–Trinajstić information content (AvgIpc) is 2.30. The van der Waals surface area contributed by atoms with Gasteiger partial charge in [-0.05, 0) is 44.8 Å². The number of nitrogens with one attached hydrogen (secondary N) is 1. The maximum absolute atomic E-state index is 11.5. The van der Waals surface area contributed by atoms with Crippen molar-refractivity contribution in [1.82, 2.24) is 5.32 Å². The second-order valence-electron chi connectivity index (χ2n) is 5.00. The molecule has 1 heterocycles. The molecule has 17 heavy (non-hydrogen) atoms. The zero-order chi connectivity index (χ0) is 12.3. The first-order valence-corrected chi connectivity index (χ1v) is 6.12. The molecule has 92 valence electrons. The molecule has 0 radical (unpaired) electrons. The van der Waals surface area contributed by atoms with Crippen LogP contribution in [-0.4, -0.2) is 24.2 Å². The van der Waals surface area contributed by atoms with Crippen molar-refractivity contribution in [2.75, 3.05) is 13.1 Å². The Morgan fingerprint density at radius 2 is 2.12 bits per heavy atom. The van der Waals surface area contributed by atoms with Crippen LogP contribution in [0, 0.1) is 12.3 Å². The molecule has 0 aromatic heterocycles. The summed E-state index contributed by atoms with van der Waals surface area (Å²) in [7, 11) is 0. The first-order chi connectivity index (χ1) is 8.12. The van der Waals surface area contributed by atoms with Crippen LogP contribution in [0.3, 0.4) is 0 Å². The standard InChI is InChI=1S/C14H19NO2/c1-11-3-2-4-12(9-11)10-14(13(16)17)5-7-15-8-6-14/h2-4,9,15H,5-8,10H2,1H3,(H,16,17).